The molecule has 30 heavy (non-hydrogen) atoms. The number of allylic oxidation sites excluding steroid dienone is 1. The maximum Gasteiger partial charge on any atom is 0.218 e. The Morgan fingerprint density at radius 2 is 1.83 bits per heavy atom. The number of pyridine rings is 1. The predicted octanol–water partition coefficient (Wildman–Crippen LogP) is 5.37. The van der Waals surface area contributed by atoms with E-state index in [0.29, 0.717) is 12.1 Å². The van der Waals surface area contributed by atoms with Crippen molar-refractivity contribution < 1.29 is 4.57 Å². The molecule has 2 aromatic rings. The molecule has 1 aromatic carbocycles. The first kappa shape index (κ1) is 22.0. The second kappa shape index (κ2) is 8.61. The van der Waals surface area contributed by atoms with E-state index in [2.05, 4.69) is 87.2 Å². The highest BCUT2D eigenvalue weighted by atomic mass is 15.0. The molecule has 2 heterocycles. The first-order valence-corrected chi connectivity index (χ1v) is 11.0. The lowest BCUT2D eigenvalue weighted by Crippen LogP contribution is -2.57. The van der Waals surface area contributed by atoms with Crippen molar-refractivity contribution in [1.82, 2.24) is 0 Å². The third-order valence-electron chi connectivity index (χ3n) is 7.18. The van der Waals surface area contributed by atoms with Crippen LogP contribution in [0.25, 0.3) is 17.0 Å². The number of hydrogen-bond acceptors (Lipinski definition) is 2. The monoisotopic (exact) mass is 402 g/mol. The molecule has 3 rings (SSSR count). The summed E-state index contributed by atoms with van der Waals surface area (Å²) in [6.45, 7) is 15.0. The van der Waals surface area contributed by atoms with Gasteiger partial charge in [-0.3, -0.25) is 0 Å². The SMILES string of the molecule is C=C(N)/C=C(\C)C1(CC)CCc2ccccc2-c2cccc[n+]2C(=C)CC1(N)CC. The largest absolute Gasteiger partial charge is 0.399 e. The lowest BCUT2D eigenvalue weighted by molar-refractivity contribution is -0.572. The Kier molecular flexibility index (Phi) is 6.33. The van der Waals surface area contributed by atoms with Gasteiger partial charge in [-0.05, 0) is 63.0 Å². The van der Waals surface area contributed by atoms with Gasteiger partial charge in [0.1, 0.15) is 0 Å². The molecule has 1 aliphatic heterocycles. The van der Waals surface area contributed by atoms with Crippen molar-refractivity contribution in [2.45, 2.75) is 58.4 Å². The van der Waals surface area contributed by atoms with Crippen molar-refractivity contribution in [3.8, 4) is 11.3 Å². The van der Waals surface area contributed by atoms with E-state index >= 15 is 0 Å². The summed E-state index contributed by atoms with van der Waals surface area (Å²) < 4.78 is 2.21. The third-order valence-corrected chi connectivity index (χ3v) is 7.18. The summed E-state index contributed by atoms with van der Waals surface area (Å²) >= 11 is 0. The fourth-order valence-electron chi connectivity index (χ4n) is 5.42. The van der Waals surface area contributed by atoms with Gasteiger partial charge >= 0.3 is 0 Å². The van der Waals surface area contributed by atoms with Crippen molar-refractivity contribution in [2.75, 3.05) is 0 Å². The highest BCUT2D eigenvalue weighted by Gasteiger charge is 2.49. The van der Waals surface area contributed by atoms with Gasteiger partial charge in [0.2, 0.25) is 5.69 Å². The van der Waals surface area contributed by atoms with Crippen LogP contribution in [0.2, 0.25) is 0 Å². The summed E-state index contributed by atoms with van der Waals surface area (Å²) in [7, 11) is 0. The van der Waals surface area contributed by atoms with Gasteiger partial charge in [-0.25, -0.2) is 0 Å². The van der Waals surface area contributed by atoms with Gasteiger partial charge in [-0.2, -0.15) is 4.57 Å². The van der Waals surface area contributed by atoms with Gasteiger partial charge in [0.15, 0.2) is 11.9 Å². The molecule has 0 fully saturated rings. The van der Waals surface area contributed by atoms with E-state index in [1.807, 2.05) is 6.08 Å². The van der Waals surface area contributed by atoms with Gasteiger partial charge < -0.3 is 11.5 Å². The number of nitrogens with two attached hydrogens (primary N) is 2. The highest BCUT2D eigenvalue weighted by Crippen LogP contribution is 2.49. The Morgan fingerprint density at radius 3 is 2.50 bits per heavy atom. The minimum atomic E-state index is -0.443. The molecule has 2 atom stereocenters. The lowest BCUT2D eigenvalue weighted by Gasteiger charge is -2.49. The van der Waals surface area contributed by atoms with Crippen LogP contribution in [0.3, 0.4) is 0 Å². The molecular weight excluding hydrogens is 366 g/mol. The van der Waals surface area contributed by atoms with Crippen molar-refractivity contribution in [1.29, 1.82) is 0 Å². The summed E-state index contributed by atoms with van der Waals surface area (Å²) in [4.78, 5) is 0. The lowest BCUT2D eigenvalue weighted by atomic mass is 9.58. The highest BCUT2D eigenvalue weighted by molar-refractivity contribution is 5.62. The molecule has 158 valence electrons. The first-order chi connectivity index (χ1) is 14.3. The quantitative estimate of drug-likeness (QED) is 0.533. The predicted molar refractivity (Wildman–Crippen MR) is 127 cm³/mol. The number of benzene rings is 1. The van der Waals surface area contributed by atoms with E-state index in [1.165, 1.54) is 22.4 Å². The van der Waals surface area contributed by atoms with Crippen LogP contribution in [0.1, 0.15) is 52.0 Å². The van der Waals surface area contributed by atoms with Crippen LogP contribution >= 0.6 is 0 Å². The minimum absolute atomic E-state index is 0.201. The van der Waals surface area contributed by atoms with Gasteiger partial charge in [0, 0.05) is 34.3 Å². The molecule has 1 aromatic heterocycles. The number of aryl methyl sites for hydroxylation is 1. The second-order valence-electron chi connectivity index (χ2n) is 8.70. The van der Waals surface area contributed by atoms with E-state index in [9.17, 15) is 0 Å². The molecular formula is C27H36N3+. The van der Waals surface area contributed by atoms with Crippen LogP contribution < -0.4 is 16.0 Å². The zero-order chi connectivity index (χ0) is 21.9. The standard InChI is InChI=1S/C27H36N3/c1-6-26(20(3)18-21(4)28)16-15-23-12-8-9-13-24(23)25-14-10-11-17-30(25)22(5)19-27(26,29)7-2/h8-14,17-18H,4-7,15-16,19,28-29H2,1-3H3/q+1/b20-18+. The average molecular weight is 403 g/mol. The van der Waals surface area contributed by atoms with Gasteiger partial charge in [-0.1, -0.05) is 44.2 Å². The summed E-state index contributed by atoms with van der Waals surface area (Å²) in [6, 6.07) is 15.0. The zero-order valence-electron chi connectivity index (χ0n) is 18.7. The van der Waals surface area contributed by atoms with Crippen molar-refractivity contribution in [3.05, 3.63) is 84.7 Å². The smallest absolute Gasteiger partial charge is 0.218 e. The number of hydrogen-bond donors (Lipinski definition) is 2. The second-order valence-corrected chi connectivity index (χ2v) is 8.70. The molecule has 0 saturated carbocycles. The molecule has 0 saturated heterocycles. The van der Waals surface area contributed by atoms with Gasteiger partial charge in [0.05, 0.1) is 6.42 Å². The Hall–Kier alpha value is -2.65. The molecule has 0 bridgehead atoms. The maximum atomic E-state index is 7.30. The summed E-state index contributed by atoms with van der Waals surface area (Å²) in [5.74, 6) is 0. The van der Waals surface area contributed by atoms with E-state index in [1.54, 1.807) is 0 Å². The fourth-order valence-corrected chi connectivity index (χ4v) is 5.42. The van der Waals surface area contributed by atoms with Gasteiger partial charge in [-0.15, -0.1) is 0 Å². The Bertz CT molecular complexity index is 987. The Balaban J connectivity index is 2.28. The average Bonchev–Trinajstić information content (AvgIpc) is 2.73. The van der Waals surface area contributed by atoms with E-state index < -0.39 is 5.54 Å². The van der Waals surface area contributed by atoms with E-state index in [-0.39, 0.29) is 5.41 Å². The van der Waals surface area contributed by atoms with Crippen molar-refractivity contribution in [2.24, 2.45) is 16.9 Å². The molecule has 3 heteroatoms. The minimum Gasteiger partial charge on any atom is -0.399 e. The van der Waals surface area contributed by atoms with Crippen LogP contribution in [0.5, 0.6) is 0 Å². The molecule has 4 N–H and O–H groups in total. The molecule has 0 aliphatic carbocycles. The fraction of sp³-hybridized carbons (Fsp3) is 0.370. The number of aromatic nitrogens is 1. The summed E-state index contributed by atoms with van der Waals surface area (Å²) in [6.07, 6.45) is 8.53. The zero-order valence-corrected chi connectivity index (χ0v) is 18.7. The van der Waals surface area contributed by atoms with Gasteiger partial charge in [0.25, 0.3) is 0 Å². The Morgan fingerprint density at radius 1 is 1.13 bits per heavy atom. The maximum absolute atomic E-state index is 7.30. The molecule has 3 nitrogen and oxygen atoms in total. The normalized spacial score (nSPS) is 24.7. The van der Waals surface area contributed by atoms with Crippen molar-refractivity contribution >= 4 is 5.70 Å². The van der Waals surface area contributed by atoms with Crippen LogP contribution in [-0.4, -0.2) is 5.54 Å². The molecule has 0 radical (unpaired) electrons. The van der Waals surface area contributed by atoms with Crippen LogP contribution in [-0.2, 0) is 6.42 Å². The summed E-state index contributed by atoms with van der Waals surface area (Å²) in [5.41, 5.74) is 19.2. The number of rotatable bonds is 4. The third kappa shape index (κ3) is 3.75. The molecule has 0 amide bonds. The number of nitrogens with zero attached hydrogens (tertiary/aromatic N) is 1. The molecule has 2 unspecified atom stereocenters. The number of fused-ring (bicyclic) bond motifs is 3. The molecule has 1 aliphatic rings. The first-order valence-electron chi connectivity index (χ1n) is 11.0. The summed E-state index contributed by atoms with van der Waals surface area (Å²) in [5, 5.41) is 0. The van der Waals surface area contributed by atoms with Crippen molar-refractivity contribution in [3.63, 3.8) is 0 Å². The molecule has 0 spiro atoms. The topological polar surface area (TPSA) is 55.9 Å². The van der Waals surface area contributed by atoms with E-state index in [4.69, 9.17) is 11.5 Å². The Labute approximate surface area is 181 Å². The van der Waals surface area contributed by atoms with Crippen LogP contribution in [0, 0.1) is 5.41 Å². The van der Waals surface area contributed by atoms with Crippen LogP contribution in [0.15, 0.2) is 79.2 Å². The van der Waals surface area contributed by atoms with E-state index in [0.717, 1.165) is 31.4 Å². The van der Waals surface area contributed by atoms with Crippen LogP contribution in [0.4, 0.5) is 0 Å².